The van der Waals surface area contributed by atoms with E-state index in [1.807, 2.05) is 0 Å². The van der Waals surface area contributed by atoms with E-state index in [2.05, 4.69) is 5.32 Å². The van der Waals surface area contributed by atoms with Gasteiger partial charge in [0.2, 0.25) is 0 Å². The second kappa shape index (κ2) is 6.12. The van der Waals surface area contributed by atoms with Crippen molar-refractivity contribution in [2.45, 2.75) is 0 Å². The molecule has 1 rings (SSSR count). The monoisotopic (exact) mass is 271 g/mol. The van der Waals surface area contributed by atoms with Gasteiger partial charge in [0.25, 0.3) is 5.69 Å². The van der Waals surface area contributed by atoms with Gasteiger partial charge in [0.05, 0.1) is 23.6 Å². The molecule has 0 aromatic heterocycles. The number of nitrogens with one attached hydrogen (secondary N) is 1. The molecule has 0 aliphatic rings. The number of hydrogen-bond acceptors (Lipinski definition) is 6. The Morgan fingerprint density at radius 2 is 2.33 bits per heavy atom. The second-order valence-electron chi connectivity index (χ2n) is 3.23. The summed E-state index contributed by atoms with van der Waals surface area (Å²) in [6.45, 7) is -0.0944. The molecule has 9 heteroatoms. The van der Waals surface area contributed by atoms with E-state index in [1.54, 1.807) is 6.07 Å². The highest BCUT2D eigenvalue weighted by atomic mass is 31.2. The lowest BCUT2D eigenvalue weighted by Gasteiger charge is -2.12. The minimum Gasteiger partial charge on any atom is -0.423 e. The minimum atomic E-state index is -3.98. The summed E-state index contributed by atoms with van der Waals surface area (Å²) in [6.07, 6.45) is -0.413. The van der Waals surface area contributed by atoms with Gasteiger partial charge in [-0.1, -0.05) is 6.07 Å². The Morgan fingerprint density at radius 1 is 1.61 bits per heavy atom. The standard InChI is InChI=1S/C9H10N3O5P/c10-4-5-11-7-18(15,16)17-9-3-1-2-8(6-9)12(13)14/h1-3,6,11H,5,7H2,(H,15,16). The summed E-state index contributed by atoms with van der Waals surface area (Å²) in [4.78, 5) is 19.3. The first kappa shape index (κ1) is 14.1. The first-order valence-electron chi connectivity index (χ1n) is 4.78. The van der Waals surface area contributed by atoms with Gasteiger partial charge in [-0.3, -0.25) is 15.4 Å². The Kier molecular flexibility index (Phi) is 4.80. The van der Waals surface area contributed by atoms with Gasteiger partial charge in [0.1, 0.15) is 12.0 Å². The summed E-state index contributed by atoms with van der Waals surface area (Å²) < 4.78 is 16.3. The molecule has 0 saturated heterocycles. The summed E-state index contributed by atoms with van der Waals surface area (Å²) in [5.41, 5.74) is -0.238. The number of nitriles is 1. The molecule has 96 valence electrons. The van der Waals surface area contributed by atoms with E-state index in [4.69, 9.17) is 9.79 Å². The largest absolute Gasteiger partial charge is 0.423 e. The molecule has 1 aromatic rings. The molecule has 0 fully saturated rings. The van der Waals surface area contributed by atoms with Crippen molar-refractivity contribution in [3.05, 3.63) is 34.4 Å². The Bertz CT molecular complexity index is 527. The van der Waals surface area contributed by atoms with Crippen LogP contribution in [0.2, 0.25) is 0 Å². The zero-order valence-corrected chi connectivity index (χ0v) is 10.0. The molecule has 0 amide bonds. The Balaban J connectivity index is 2.72. The SMILES string of the molecule is N#CCNCP(=O)(O)Oc1cccc([N+](=O)[O-])c1. The van der Waals surface area contributed by atoms with E-state index in [0.29, 0.717) is 0 Å². The molecule has 1 atom stereocenters. The Hall–Kier alpha value is -1.94. The van der Waals surface area contributed by atoms with E-state index >= 15 is 0 Å². The lowest BCUT2D eigenvalue weighted by Crippen LogP contribution is -2.17. The van der Waals surface area contributed by atoms with E-state index in [1.165, 1.54) is 18.2 Å². The summed E-state index contributed by atoms with van der Waals surface area (Å²) >= 11 is 0. The molecule has 1 aromatic carbocycles. The maximum Gasteiger partial charge on any atom is 0.390 e. The van der Waals surface area contributed by atoms with Crippen molar-refractivity contribution in [2.24, 2.45) is 0 Å². The molecule has 18 heavy (non-hydrogen) atoms. The van der Waals surface area contributed by atoms with Crippen LogP contribution in [0.1, 0.15) is 0 Å². The predicted molar refractivity (Wildman–Crippen MR) is 62.0 cm³/mol. The van der Waals surface area contributed by atoms with Crippen LogP contribution in [0.25, 0.3) is 0 Å². The molecule has 8 nitrogen and oxygen atoms in total. The predicted octanol–water partition coefficient (Wildman–Crippen LogP) is 1.23. The van der Waals surface area contributed by atoms with Crippen LogP contribution in [0.3, 0.4) is 0 Å². The molecule has 2 N–H and O–H groups in total. The second-order valence-corrected chi connectivity index (χ2v) is 5.00. The number of benzene rings is 1. The molecule has 0 radical (unpaired) electrons. The van der Waals surface area contributed by atoms with Crippen LogP contribution in [0.5, 0.6) is 5.75 Å². The third-order valence-electron chi connectivity index (χ3n) is 1.79. The van der Waals surface area contributed by atoms with Crippen LogP contribution < -0.4 is 9.84 Å². The summed E-state index contributed by atoms with van der Waals surface area (Å²) in [5.74, 6) is -0.0752. The highest BCUT2D eigenvalue weighted by Crippen LogP contribution is 2.41. The third kappa shape index (κ3) is 4.51. The van der Waals surface area contributed by atoms with E-state index < -0.39 is 18.8 Å². The average molecular weight is 271 g/mol. The van der Waals surface area contributed by atoms with Gasteiger partial charge in [0.15, 0.2) is 0 Å². The first-order chi connectivity index (χ1) is 8.44. The first-order valence-corrected chi connectivity index (χ1v) is 6.54. The molecule has 0 saturated carbocycles. The molecule has 0 aliphatic heterocycles. The number of rotatable bonds is 6. The fourth-order valence-electron chi connectivity index (χ4n) is 1.10. The molecule has 0 aliphatic carbocycles. The molecule has 0 heterocycles. The van der Waals surface area contributed by atoms with E-state index in [-0.39, 0.29) is 18.0 Å². The fraction of sp³-hybridized carbons (Fsp3) is 0.222. The van der Waals surface area contributed by atoms with Gasteiger partial charge in [-0.25, -0.2) is 4.57 Å². The highest BCUT2D eigenvalue weighted by Gasteiger charge is 2.21. The van der Waals surface area contributed by atoms with Crippen LogP contribution >= 0.6 is 7.60 Å². The van der Waals surface area contributed by atoms with E-state index in [9.17, 15) is 19.6 Å². The number of nitro benzene ring substituents is 1. The van der Waals surface area contributed by atoms with Crippen molar-refractivity contribution in [3.63, 3.8) is 0 Å². The number of nitro groups is 1. The van der Waals surface area contributed by atoms with Gasteiger partial charge in [0, 0.05) is 6.07 Å². The fourth-order valence-corrected chi connectivity index (χ4v) is 2.01. The van der Waals surface area contributed by atoms with Crippen molar-refractivity contribution >= 4 is 13.3 Å². The van der Waals surface area contributed by atoms with Gasteiger partial charge >= 0.3 is 7.60 Å². The lowest BCUT2D eigenvalue weighted by atomic mass is 10.3. The minimum absolute atomic E-state index is 0.0752. The van der Waals surface area contributed by atoms with Gasteiger partial charge in [-0.15, -0.1) is 0 Å². The Labute approximate surface area is 102 Å². The summed E-state index contributed by atoms with van der Waals surface area (Å²) in [6, 6.07) is 6.70. The lowest BCUT2D eigenvalue weighted by molar-refractivity contribution is -0.384. The van der Waals surface area contributed by atoms with Crippen LogP contribution in [0.4, 0.5) is 5.69 Å². The molecule has 0 spiro atoms. The van der Waals surface area contributed by atoms with Gasteiger partial charge < -0.3 is 9.42 Å². The van der Waals surface area contributed by atoms with Crippen molar-refractivity contribution in [1.29, 1.82) is 5.26 Å². The molecule has 1 unspecified atom stereocenters. The van der Waals surface area contributed by atoms with Gasteiger partial charge in [-0.2, -0.15) is 5.26 Å². The van der Waals surface area contributed by atoms with Crippen molar-refractivity contribution in [3.8, 4) is 11.8 Å². The normalized spacial score (nSPS) is 13.3. The topological polar surface area (TPSA) is 125 Å². The van der Waals surface area contributed by atoms with Crippen LogP contribution in [0.15, 0.2) is 24.3 Å². The van der Waals surface area contributed by atoms with Crippen molar-refractivity contribution in [1.82, 2.24) is 5.32 Å². The number of hydrogen-bond donors (Lipinski definition) is 2. The number of nitrogens with zero attached hydrogens (tertiary/aromatic N) is 2. The Morgan fingerprint density at radius 3 is 2.94 bits per heavy atom. The summed E-state index contributed by atoms with van der Waals surface area (Å²) in [7, 11) is -3.98. The quantitative estimate of drug-likeness (QED) is 0.262. The zero-order valence-electron chi connectivity index (χ0n) is 9.15. The van der Waals surface area contributed by atoms with Crippen molar-refractivity contribution in [2.75, 3.05) is 12.8 Å². The highest BCUT2D eigenvalue weighted by molar-refractivity contribution is 7.53. The van der Waals surface area contributed by atoms with Crippen LogP contribution in [-0.4, -0.2) is 22.6 Å². The van der Waals surface area contributed by atoms with Crippen LogP contribution in [-0.2, 0) is 4.57 Å². The van der Waals surface area contributed by atoms with Crippen LogP contribution in [0, 0.1) is 21.4 Å². The zero-order chi connectivity index (χ0) is 13.6. The average Bonchev–Trinajstić information content (AvgIpc) is 2.28. The smallest absolute Gasteiger partial charge is 0.390 e. The third-order valence-corrected chi connectivity index (χ3v) is 2.91. The number of non-ortho nitro benzene ring substituents is 1. The van der Waals surface area contributed by atoms with Crippen molar-refractivity contribution < 1.29 is 18.9 Å². The van der Waals surface area contributed by atoms with E-state index in [0.717, 1.165) is 6.07 Å². The maximum atomic E-state index is 11.5. The maximum absolute atomic E-state index is 11.5. The van der Waals surface area contributed by atoms with Gasteiger partial charge in [-0.05, 0) is 6.07 Å². The summed E-state index contributed by atoms with van der Waals surface area (Å²) in [5, 5.41) is 21.2. The molecule has 0 bridgehead atoms. The molecular weight excluding hydrogens is 261 g/mol. The molecular formula is C9H10N3O5P.